The summed E-state index contributed by atoms with van der Waals surface area (Å²) in [5.41, 5.74) is 4.15. The molecule has 0 amide bonds. The molecule has 0 saturated heterocycles. The minimum atomic E-state index is 0.0385. The van der Waals surface area contributed by atoms with Gasteiger partial charge in [-0.25, -0.2) is 4.98 Å². The van der Waals surface area contributed by atoms with Crippen molar-refractivity contribution in [3.8, 4) is 10.4 Å². The van der Waals surface area contributed by atoms with E-state index in [1.807, 2.05) is 23.3 Å². The highest BCUT2D eigenvalue weighted by atomic mass is 32.1. The van der Waals surface area contributed by atoms with E-state index in [-0.39, 0.29) is 5.54 Å². The Labute approximate surface area is 93.8 Å². The van der Waals surface area contributed by atoms with Crippen LogP contribution < -0.4 is 0 Å². The fourth-order valence-electron chi connectivity index (χ4n) is 1.39. The van der Waals surface area contributed by atoms with E-state index >= 15 is 0 Å². The second kappa shape index (κ2) is 3.45. The molecule has 0 spiro atoms. The van der Waals surface area contributed by atoms with Crippen LogP contribution in [-0.4, -0.2) is 14.8 Å². The highest BCUT2D eigenvalue weighted by Gasteiger charge is 2.15. The van der Waals surface area contributed by atoms with Crippen molar-refractivity contribution in [1.29, 1.82) is 0 Å². The average Bonchev–Trinajstić information content (AvgIpc) is 2.69. The fourth-order valence-corrected chi connectivity index (χ4v) is 2.17. The van der Waals surface area contributed by atoms with Crippen molar-refractivity contribution in [3.63, 3.8) is 0 Å². The summed E-state index contributed by atoms with van der Waals surface area (Å²) in [5, 5.41) is 4.38. The molecule has 0 aliphatic rings. The van der Waals surface area contributed by atoms with Gasteiger partial charge < -0.3 is 0 Å². The van der Waals surface area contributed by atoms with E-state index in [1.165, 1.54) is 4.88 Å². The van der Waals surface area contributed by atoms with Crippen LogP contribution in [0.1, 0.15) is 26.5 Å². The lowest BCUT2D eigenvalue weighted by molar-refractivity contribution is 0.355. The second-order valence-corrected chi connectivity index (χ2v) is 5.47. The Kier molecular flexibility index (Phi) is 2.38. The zero-order chi connectivity index (χ0) is 11.1. The van der Waals surface area contributed by atoms with Crippen LogP contribution in [0.15, 0.2) is 17.9 Å². The Hall–Kier alpha value is -1.16. The highest BCUT2D eigenvalue weighted by molar-refractivity contribution is 7.13. The number of rotatable bonds is 1. The fraction of sp³-hybridized carbons (Fsp3) is 0.455. The van der Waals surface area contributed by atoms with Gasteiger partial charge in [-0.3, -0.25) is 4.68 Å². The van der Waals surface area contributed by atoms with Gasteiger partial charge in [0.25, 0.3) is 0 Å². The SMILES string of the molecule is Cc1ncsc1-c1cnn(C(C)(C)C)c1. The van der Waals surface area contributed by atoms with Crippen molar-refractivity contribution >= 4 is 11.3 Å². The summed E-state index contributed by atoms with van der Waals surface area (Å²) >= 11 is 1.66. The first-order valence-electron chi connectivity index (χ1n) is 4.94. The van der Waals surface area contributed by atoms with Gasteiger partial charge in [0.2, 0.25) is 0 Å². The van der Waals surface area contributed by atoms with Crippen LogP contribution in [0, 0.1) is 6.92 Å². The van der Waals surface area contributed by atoms with Crippen LogP contribution in [0.3, 0.4) is 0 Å². The van der Waals surface area contributed by atoms with Crippen LogP contribution in [0.2, 0.25) is 0 Å². The topological polar surface area (TPSA) is 30.7 Å². The first-order valence-corrected chi connectivity index (χ1v) is 5.82. The molecule has 4 heteroatoms. The second-order valence-electron chi connectivity index (χ2n) is 4.61. The van der Waals surface area contributed by atoms with E-state index in [0.29, 0.717) is 0 Å². The van der Waals surface area contributed by atoms with E-state index < -0.39 is 0 Å². The third-order valence-corrected chi connectivity index (χ3v) is 3.26. The summed E-state index contributed by atoms with van der Waals surface area (Å²) in [6.07, 6.45) is 3.99. The summed E-state index contributed by atoms with van der Waals surface area (Å²) < 4.78 is 1.99. The van der Waals surface area contributed by atoms with Gasteiger partial charge in [-0.2, -0.15) is 5.10 Å². The lowest BCUT2D eigenvalue weighted by Gasteiger charge is -2.18. The zero-order valence-electron chi connectivity index (χ0n) is 9.48. The monoisotopic (exact) mass is 221 g/mol. The predicted octanol–water partition coefficient (Wildman–Crippen LogP) is 3.07. The van der Waals surface area contributed by atoms with Crippen molar-refractivity contribution in [2.45, 2.75) is 33.2 Å². The Morgan fingerprint density at radius 1 is 1.33 bits per heavy atom. The lowest BCUT2D eigenvalue weighted by Crippen LogP contribution is -2.21. The molecular formula is C11H15N3S. The third kappa shape index (κ3) is 1.95. The van der Waals surface area contributed by atoms with Crippen molar-refractivity contribution < 1.29 is 0 Å². The van der Waals surface area contributed by atoms with Gasteiger partial charge in [0.05, 0.1) is 27.8 Å². The molecule has 0 unspecified atom stereocenters. The van der Waals surface area contributed by atoms with Gasteiger partial charge in [0.15, 0.2) is 0 Å². The molecule has 0 aromatic carbocycles. The van der Waals surface area contributed by atoms with Crippen molar-refractivity contribution in [3.05, 3.63) is 23.6 Å². The van der Waals surface area contributed by atoms with Gasteiger partial charge in [0.1, 0.15) is 0 Å². The highest BCUT2D eigenvalue weighted by Crippen LogP contribution is 2.27. The molecule has 3 nitrogen and oxygen atoms in total. The molecule has 0 saturated carbocycles. The number of hydrogen-bond acceptors (Lipinski definition) is 3. The van der Waals surface area contributed by atoms with Gasteiger partial charge in [-0.1, -0.05) is 0 Å². The lowest BCUT2D eigenvalue weighted by atomic mass is 10.1. The van der Waals surface area contributed by atoms with Crippen LogP contribution >= 0.6 is 11.3 Å². The molecule has 0 N–H and O–H groups in total. The van der Waals surface area contributed by atoms with Gasteiger partial charge in [0, 0.05) is 11.8 Å². The molecule has 2 aromatic heterocycles. The minimum Gasteiger partial charge on any atom is -0.267 e. The molecule has 0 aliphatic carbocycles. The molecule has 0 aliphatic heterocycles. The molecule has 0 atom stereocenters. The molecule has 15 heavy (non-hydrogen) atoms. The summed E-state index contributed by atoms with van der Waals surface area (Å²) in [6.45, 7) is 8.45. The number of thiazole rings is 1. The maximum absolute atomic E-state index is 4.38. The summed E-state index contributed by atoms with van der Waals surface area (Å²) in [4.78, 5) is 5.46. The van der Waals surface area contributed by atoms with E-state index in [9.17, 15) is 0 Å². The summed E-state index contributed by atoms with van der Waals surface area (Å²) in [7, 11) is 0. The first kappa shape index (κ1) is 10.4. The molecule has 0 fully saturated rings. The first-order chi connectivity index (χ1) is 6.98. The Morgan fingerprint density at radius 3 is 2.53 bits per heavy atom. The zero-order valence-corrected chi connectivity index (χ0v) is 10.3. The quantitative estimate of drug-likeness (QED) is 0.741. The standard InChI is InChI=1S/C11H15N3S/c1-8-10(15-7-12-8)9-5-13-14(6-9)11(2,3)4/h5-7H,1-4H3. The molecule has 2 aromatic rings. The van der Waals surface area contributed by atoms with Gasteiger partial charge in [-0.15, -0.1) is 11.3 Å². The third-order valence-electron chi connectivity index (χ3n) is 2.28. The predicted molar refractivity (Wildman–Crippen MR) is 63.1 cm³/mol. The summed E-state index contributed by atoms with van der Waals surface area (Å²) in [6, 6.07) is 0. The maximum Gasteiger partial charge on any atom is 0.0801 e. The number of aryl methyl sites for hydroxylation is 1. The Morgan fingerprint density at radius 2 is 2.07 bits per heavy atom. The summed E-state index contributed by atoms with van der Waals surface area (Å²) in [5.74, 6) is 0. The van der Waals surface area contributed by atoms with Crippen LogP contribution in [0.4, 0.5) is 0 Å². The Balaban J connectivity index is 2.41. The molecule has 80 valence electrons. The van der Waals surface area contributed by atoms with Crippen molar-refractivity contribution in [2.24, 2.45) is 0 Å². The van der Waals surface area contributed by atoms with E-state index in [4.69, 9.17) is 0 Å². The maximum atomic E-state index is 4.38. The van der Waals surface area contributed by atoms with Crippen LogP contribution in [-0.2, 0) is 5.54 Å². The van der Waals surface area contributed by atoms with Gasteiger partial charge in [-0.05, 0) is 27.7 Å². The van der Waals surface area contributed by atoms with Crippen molar-refractivity contribution in [2.75, 3.05) is 0 Å². The van der Waals surface area contributed by atoms with Gasteiger partial charge >= 0.3 is 0 Å². The Bertz CT molecular complexity index is 462. The normalized spacial score (nSPS) is 12.0. The largest absolute Gasteiger partial charge is 0.267 e. The number of aromatic nitrogens is 3. The van der Waals surface area contributed by atoms with E-state index in [1.54, 1.807) is 11.3 Å². The minimum absolute atomic E-state index is 0.0385. The van der Waals surface area contributed by atoms with E-state index in [0.717, 1.165) is 11.3 Å². The molecule has 2 rings (SSSR count). The van der Waals surface area contributed by atoms with Crippen LogP contribution in [0.5, 0.6) is 0 Å². The van der Waals surface area contributed by atoms with E-state index in [2.05, 4.69) is 37.1 Å². The van der Waals surface area contributed by atoms with Crippen molar-refractivity contribution in [1.82, 2.24) is 14.8 Å². The molecular weight excluding hydrogens is 206 g/mol. The van der Waals surface area contributed by atoms with Crippen LogP contribution in [0.25, 0.3) is 10.4 Å². The number of hydrogen-bond donors (Lipinski definition) is 0. The molecule has 0 bridgehead atoms. The molecule has 2 heterocycles. The molecule has 0 radical (unpaired) electrons. The average molecular weight is 221 g/mol. The number of nitrogens with zero attached hydrogens (tertiary/aromatic N) is 3. The smallest absolute Gasteiger partial charge is 0.0801 e.